The van der Waals surface area contributed by atoms with Gasteiger partial charge >= 0.3 is 24.3 Å². The maximum absolute atomic E-state index is 10.6. The molecule has 0 bridgehead atoms. The van der Waals surface area contributed by atoms with Crippen molar-refractivity contribution in [1.82, 2.24) is 9.80 Å². The molecule has 2 aromatic carbocycles. The second-order valence-corrected chi connectivity index (χ2v) is 8.96. The van der Waals surface area contributed by atoms with E-state index in [1.54, 1.807) is 18.2 Å². The van der Waals surface area contributed by atoms with Crippen LogP contribution >= 0.6 is 0 Å². The minimum absolute atomic E-state index is 0.548. The molecule has 1 aliphatic heterocycles. The van der Waals surface area contributed by atoms with Crippen LogP contribution in [0.4, 0.5) is 26.3 Å². The van der Waals surface area contributed by atoms with Gasteiger partial charge in [0, 0.05) is 31.6 Å². The van der Waals surface area contributed by atoms with E-state index < -0.39 is 24.3 Å². The Morgan fingerprint density at radius 3 is 1.79 bits per heavy atom. The van der Waals surface area contributed by atoms with Crippen molar-refractivity contribution in [3.63, 3.8) is 0 Å². The van der Waals surface area contributed by atoms with Crippen molar-refractivity contribution in [2.45, 2.75) is 30.9 Å². The number of fused-ring (bicyclic) bond motifs is 3. The van der Waals surface area contributed by atoms with Crippen LogP contribution in [0.25, 0.3) is 0 Å². The number of hydrogen-bond acceptors (Lipinski definition) is 5. The van der Waals surface area contributed by atoms with E-state index in [2.05, 4.69) is 72.4 Å². The molecule has 2 aromatic rings. The van der Waals surface area contributed by atoms with E-state index >= 15 is 0 Å². The molecule has 0 amide bonds. The highest BCUT2D eigenvalue weighted by Crippen LogP contribution is 2.51. The zero-order valence-electron chi connectivity index (χ0n) is 20.8. The Morgan fingerprint density at radius 2 is 1.37 bits per heavy atom. The number of methoxy groups -OCH3 is 1. The molecular formula is C25H28F6N2O5. The van der Waals surface area contributed by atoms with E-state index in [1.165, 1.54) is 12.1 Å². The molecule has 38 heavy (non-hydrogen) atoms. The van der Waals surface area contributed by atoms with Crippen LogP contribution in [-0.4, -0.2) is 78.6 Å². The second kappa shape index (κ2) is 12.5. The first-order valence-electron chi connectivity index (χ1n) is 11.3. The van der Waals surface area contributed by atoms with Crippen molar-refractivity contribution in [1.29, 1.82) is 0 Å². The summed E-state index contributed by atoms with van der Waals surface area (Å²) in [7, 11) is 6.15. The van der Waals surface area contributed by atoms with Crippen LogP contribution in [-0.2, 0) is 16.1 Å². The van der Waals surface area contributed by atoms with Crippen LogP contribution in [0.5, 0.6) is 5.75 Å². The number of nitrogens with zero attached hydrogens (tertiary/aromatic N) is 2. The summed E-state index contributed by atoms with van der Waals surface area (Å²) in [5, 5.41) is 14.2. The number of carboxylic acids is 2. The highest BCUT2D eigenvalue weighted by Gasteiger charge is 2.46. The van der Waals surface area contributed by atoms with E-state index in [-0.39, 0.29) is 0 Å². The van der Waals surface area contributed by atoms with Gasteiger partial charge < -0.3 is 19.8 Å². The zero-order valence-corrected chi connectivity index (χ0v) is 20.8. The molecule has 2 aliphatic rings. The molecule has 1 heterocycles. The van der Waals surface area contributed by atoms with Gasteiger partial charge in [-0.1, -0.05) is 36.4 Å². The summed E-state index contributed by atoms with van der Waals surface area (Å²) >= 11 is 0. The standard InChI is InChI=1S/C21H26N2O.2C2HF3O2/c1-22(2)21-18-7-5-4-6-17(18)19-13-23(14-20(19)21)12-15-8-10-16(24-3)11-9-15;2*3-2(4,5)1(6)7/h4-11,19-21H,12-14H2,1-3H3;2*(H,6,7)/t19-,20-,21-;;/m0../s1. The molecule has 4 rings (SSSR count). The molecule has 0 unspecified atom stereocenters. The van der Waals surface area contributed by atoms with Crippen LogP contribution in [0.2, 0.25) is 0 Å². The van der Waals surface area contributed by atoms with Crippen LogP contribution in [0.1, 0.15) is 28.7 Å². The van der Waals surface area contributed by atoms with Gasteiger partial charge in [0.2, 0.25) is 0 Å². The third-order valence-electron chi connectivity index (χ3n) is 6.17. The lowest BCUT2D eigenvalue weighted by molar-refractivity contribution is -0.193. The second-order valence-electron chi connectivity index (χ2n) is 8.96. The Labute approximate surface area is 215 Å². The maximum atomic E-state index is 10.6. The summed E-state index contributed by atoms with van der Waals surface area (Å²) in [6, 6.07) is 18.1. The molecule has 7 nitrogen and oxygen atoms in total. The Hall–Kier alpha value is -3.32. The number of benzene rings is 2. The average molecular weight is 550 g/mol. The van der Waals surface area contributed by atoms with Crippen LogP contribution in [0, 0.1) is 5.92 Å². The first-order chi connectivity index (χ1) is 17.6. The first kappa shape index (κ1) is 30.9. The summed E-state index contributed by atoms with van der Waals surface area (Å²) in [5.41, 5.74) is 4.48. The fourth-order valence-electron chi connectivity index (χ4n) is 4.69. The van der Waals surface area contributed by atoms with Crippen molar-refractivity contribution in [3.05, 3.63) is 65.2 Å². The van der Waals surface area contributed by atoms with Gasteiger partial charge in [0.05, 0.1) is 7.11 Å². The minimum Gasteiger partial charge on any atom is -0.497 e. The van der Waals surface area contributed by atoms with E-state index in [1.807, 2.05) is 0 Å². The van der Waals surface area contributed by atoms with Crippen molar-refractivity contribution in [2.75, 3.05) is 34.3 Å². The minimum atomic E-state index is -5.08. The summed E-state index contributed by atoms with van der Waals surface area (Å²) in [4.78, 5) is 22.8. The first-order valence-corrected chi connectivity index (χ1v) is 11.3. The predicted octanol–water partition coefficient (Wildman–Crippen LogP) is 4.79. The van der Waals surface area contributed by atoms with Gasteiger partial charge in [-0.25, -0.2) is 9.59 Å². The van der Waals surface area contributed by atoms with Gasteiger partial charge in [-0.3, -0.25) is 4.90 Å². The fourth-order valence-corrected chi connectivity index (χ4v) is 4.69. The van der Waals surface area contributed by atoms with Gasteiger partial charge in [0.25, 0.3) is 0 Å². The Kier molecular flexibility index (Phi) is 10.2. The van der Waals surface area contributed by atoms with E-state index in [0.29, 0.717) is 17.9 Å². The lowest BCUT2D eigenvalue weighted by atomic mass is 9.94. The molecule has 210 valence electrons. The number of hydrogen-bond donors (Lipinski definition) is 2. The van der Waals surface area contributed by atoms with Gasteiger partial charge in [-0.2, -0.15) is 26.3 Å². The van der Waals surface area contributed by atoms with Crippen LogP contribution < -0.4 is 4.74 Å². The Morgan fingerprint density at radius 1 is 0.895 bits per heavy atom. The molecule has 2 N–H and O–H groups in total. The number of carboxylic acid groups (broad SMARTS) is 2. The number of halogens is 6. The van der Waals surface area contributed by atoms with E-state index in [4.69, 9.17) is 24.5 Å². The normalized spacial score (nSPS) is 20.4. The van der Waals surface area contributed by atoms with Crippen molar-refractivity contribution >= 4 is 11.9 Å². The molecule has 1 fully saturated rings. The van der Waals surface area contributed by atoms with Gasteiger partial charge in [0.15, 0.2) is 0 Å². The van der Waals surface area contributed by atoms with Gasteiger partial charge in [-0.15, -0.1) is 0 Å². The highest BCUT2D eigenvalue weighted by atomic mass is 19.4. The average Bonchev–Trinajstić information content (AvgIpc) is 3.35. The number of likely N-dealkylation sites (tertiary alicyclic amines) is 1. The molecule has 0 aromatic heterocycles. The topological polar surface area (TPSA) is 90.3 Å². The largest absolute Gasteiger partial charge is 0.497 e. The van der Waals surface area contributed by atoms with Crippen molar-refractivity contribution < 1.29 is 50.9 Å². The summed E-state index contributed by atoms with van der Waals surface area (Å²) in [5.74, 6) is -3.21. The summed E-state index contributed by atoms with van der Waals surface area (Å²) in [6.07, 6.45) is -10.2. The van der Waals surface area contributed by atoms with Crippen LogP contribution in [0.15, 0.2) is 48.5 Å². The summed E-state index contributed by atoms with van der Waals surface area (Å²) in [6.45, 7) is 3.37. The molecular weight excluding hydrogens is 522 g/mol. The molecule has 13 heteroatoms. The number of carbonyl (C=O) groups is 2. The maximum Gasteiger partial charge on any atom is 0.490 e. The molecule has 0 radical (unpaired) electrons. The molecule has 1 aliphatic carbocycles. The lowest BCUT2D eigenvalue weighted by Crippen LogP contribution is -2.28. The third kappa shape index (κ3) is 8.09. The quantitative estimate of drug-likeness (QED) is 0.529. The van der Waals surface area contributed by atoms with Crippen LogP contribution in [0.3, 0.4) is 0 Å². The molecule has 0 saturated carbocycles. The van der Waals surface area contributed by atoms with E-state index in [9.17, 15) is 26.3 Å². The number of rotatable bonds is 4. The summed E-state index contributed by atoms with van der Waals surface area (Å²) < 4.78 is 68.7. The third-order valence-corrected chi connectivity index (χ3v) is 6.17. The number of ether oxygens (including phenoxy) is 1. The predicted molar refractivity (Wildman–Crippen MR) is 125 cm³/mol. The number of alkyl halides is 6. The molecule has 0 spiro atoms. The number of aliphatic carboxylic acids is 2. The van der Waals surface area contributed by atoms with Crippen molar-refractivity contribution in [3.8, 4) is 5.75 Å². The monoisotopic (exact) mass is 550 g/mol. The molecule has 1 saturated heterocycles. The smallest absolute Gasteiger partial charge is 0.490 e. The Bertz CT molecular complexity index is 1060. The van der Waals surface area contributed by atoms with E-state index in [0.717, 1.165) is 18.8 Å². The SMILES string of the molecule is COc1ccc(CN2C[C@H]3[C@@H](C2)c2ccccc2[C@@H]3N(C)C)cc1.O=C(O)C(F)(F)F.O=C(O)C(F)(F)F. The zero-order chi connectivity index (χ0) is 28.8. The molecule has 3 atom stereocenters. The highest BCUT2D eigenvalue weighted by molar-refractivity contribution is 5.73. The van der Waals surface area contributed by atoms with Gasteiger partial charge in [-0.05, 0) is 48.8 Å². The lowest BCUT2D eigenvalue weighted by Gasteiger charge is -2.27. The van der Waals surface area contributed by atoms with Gasteiger partial charge in [0.1, 0.15) is 5.75 Å². The Balaban J connectivity index is 0.000000301. The van der Waals surface area contributed by atoms with Crippen molar-refractivity contribution in [2.24, 2.45) is 5.92 Å². The fraction of sp³-hybridized carbons (Fsp3) is 0.440.